The summed E-state index contributed by atoms with van der Waals surface area (Å²) in [6.45, 7) is 15.5. The minimum Gasteiger partial charge on any atom is -0.381 e. The fraction of sp³-hybridized carbons (Fsp3) is 0.708. The monoisotopic (exact) mass is 417 g/mol. The molecule has 0 saturated carbocycles. The van der Waals surface area contributed by atoms with E-state index < -0.39 is 0 Å². The van der Waals surface area contributed by atoms with Crippen molar-refractivity contribution in [1.29, 1.82) is 0 Å². The van der Waals surface area contributed by atoms with Gasteiger partial charge in [-0.2, -0.15) is 0 Å². The van der Waals surface area contributed by atoms with E-state index in [1.165, 1.54) is 5.56 Å². The number of nitrogens with zero attached hydrogens (tertiary/aromatic N) is 2. The van der Waals surface area contributed by atoms with Crippen LogP contribution in [0.4, 0.5) is 0 Å². The molecule has 0 radical (unpaired) electrons. The zero-order valence-electron chi connectivity index (χ0n) is 19.9. The van der Waals surface area contributed by atoms with Crippen LogP contribution in [0.3, 0.4) is 0 Å². The standard InChI is InChI=1S/C24H43N5O/c1-19(2)29(20(3)4)15-14-26-23(25-6)27-18-24(12-16-30-17-13-24)28-21(5)22-10-8-7-9-11-22/h7-11,19-21,28H,12-18H2,1-6H3,(H2,25,26,27). The SMILES string of the molecule is CN=C(NCCN(C(C)C)C(C)C)NCC1(NC(C)c2ccccc2)CCOCC1. The summed E-state index contributed by atoms with van der Waals surface area (Å²) < 4.78 is 5.66. The van der Waals surface area contributed by atoms with Crippen molar-refractivity contribution in [2.45, 2.75) is 71.1 Å². The molecular formula is C24H43N5O. The third-order valence-corrected chi connectivity index (χ3v) is 6.08. The van der Waals surface area contributed by atoms with Crippen LogP contribution in [0.1, 0.15) is 59.1 Å². The van der Waals surface area contributed by atoms with Gasteiger partial charge in [0.25, 0.3) is 0 Å². The van der Waals surface area contributed by atoms with Gasteiger partial charge in [-0.05, 0) is 53.0 Å². The summed E-state index contributed by atoms with van der Waals surface area (Å²) in [4.78, 5) is 6.93. The Bertz CT molecular complexity index is 618. The lowest BCUT2D eigenvalue weighted by Crippen LogP contribution is -2.58. The Morgan fingerprint density at radius 1 is 1.03 bits per heavy atom. The molecule has 1 fully saturated rings. The van der Waals surface area contributed by atoms with Gasteiger partial charge in [-0.1, -0.05) is 30.3 Å². The average Bonchev–Trinajstić information content (AvgIpc) is 2.74. The molecule has 0 aliphatic carbocycles. The summed E-state index contributed by atoms with van der Waals surface area (Å²) in [7, 11) is 1.84. The lowest BCUT2D eigenvalue weighted by Gasteiger charge is -2.41. The van der Waals surface area contributed by atoms with Gasteiger partial charge in [-0.3, -0.25) is 9.89 Å². The highest BCUT2D eigenvalue weighted by Crippen LogP contribution is 2.25. The second-order valence-electron chi connectivity index (χ2n) is 8.95. The normalized spacial score (nSPS) is 18.1. The first kappa shape index (κ1) is 24.6. The number of rotatable bonds is 10. The molecule has 0 spiro atoms. The first-order chi connectivity index (χ1) is 14.4. The Balaban J connectivity index is 1.92. The van der Waals surface area contributed by atoms with Crippen LogP contribution in [0.25, 0.3) is 0 Å². The van der Waals surface area contributed by atoms with Crippen molar-refractivity contribution in [2.75, 3.05) is 39.9 Å². The Labute approximate surface area is 183 Å². The molecule has 6 heteroatoms. The van der Waals surface area contributed by atoms with E-state index >= 15 is 0 Å². The summed E-state index contributed by atoms with van der Waals surface area (Å²) in [6.07, 6.45) is 1.98. The van der Waals surface area contributed by atoms with Crippen molar-refractivity contribution in [1.82, 2.24) is 20.9 Å². The van der Waals surface area contributed by atoms with Gasteiger partial charge in [0.05, 0.1) is 0 Å². The van der Waals surface area contributed by atoms with Crippen LogP contribution in [-0.4, -0.2) is 68.4 Å². The fourth-order valence-corrected chi connectivity index (χ4v) is 4.31. The van der Waals surface area contributed by atoms with Crippen molar-refractivity contribution < 1.29 is 4.74 Å². The zero-order valence-corrected chi connectivity index (χ0v) is 19.9. The fourth-order valence-electron chi connectivity index (χ4n) is 4.31. The van der Waals surface area contributed by atoms with E-state index in [1.54, 1.807) is 0 Å². The molecule has 2 rings (SSSR count). The van der Waals surface area contributed by atoms with Crippen LogP contribution in [-0.2, 0) is 4.74 Å². The van der Waals surface area contributed by atoms with Gasteiger partial charge in [0.1, 0.15) is 0 Å². The Kier molecular flexibility index (Phi) is 10.1. The molecule has 0 aromatic heterocycles. The van der Waals surface area contributed by atoms with E-state index in [9.17, 15) is 0 Å². The van der Waals surface area contributed by atoms with Crippen molar-refractivity contribution in [3.05, 3.63) is 35.9 Å². The van der Waals surface area contributed by atoms with E-state index in [-0.39, 0.29) is 11.6 Å². The van der Waals surface area contributed by atoms with Crippen LogP contribution < -0.4 is 16.0 Å². The minimum atomic E-state index is -0.00692. The van der Waals surface area contributed by atoms with Gasteiger partial charge >= 0.3 is 0 Å². The molecule has 1 aromatic carbocycles. The number of nitrogens with one attached hydrogen (secondary N) is 3. The van der Waals surface area contributed by atoms with Crippen LogP contribution in [0.5, 0.6) is 0 Å². The number of hydrogen-bond acceptors (Lipinski definition) is 4. The van der Waals surface area contributed by atoms with E-state index in [0.717, 1.165) is 51.6 Å². The molecule has 1 aliphatic rings. The van der Waals surface area contributed by atoms with Gasteiger partial charge in [0, 0.05) is 63.6 Å². The molecule has 1 heterocycles. The highest BCUT2D eigenvalue weighted by molar-refractivity contribution is 5.79. The van der Waals surface area contributed by atoms with Gasteiger partial charge in [0.15, 0.2) is 5.96 Å². The third kappa shape index (κ3) is 7.56. The summed E-state index contributed by atoms with van der Waals surface area (Å²) in [5.41, 5.74) is 1.31. The smallest absolute Gasteiger partial charge is 0.191 e. The van der Waals surface area contributed by atoms with Gasteiger partial charge in [-0.15, -0.1) is 0 Å². The first-order valence-corrected chi connectivity index (χ1v) is 11.5. The topological polar surface area (TPSA) is 60.9 Å². The highest BCUT2D eigenvalue weighted by Gasteiger charge is 2.34. The Morgan fingerprint density at radius 3 is 2.23 bits per heavy atom. The number of benzene rings is 1. The Hall–Kier alpha value is -1.63. The summed E-state index contributed by atoms with van der Waals surface area (Å²) in [5, 5.41) is 11.0. The maximum atomic E-state index is 5.66. The summed E-state index contributed by atoms with van der Waals surface area (Å²) in [5.74, 6) is 0.863. The largest absolute Gasteiger partial charge is 0.381 e. The molecule has 0 amide bonds. The maximum Gasteiger partial charge on any atom is 0.191 e. The van der Waals surface area contributed by atoms with E-state index in [4.69, 9.17) is 4.74 Å². The maximum absolute atomic E-state index is 5.66. The molecule has 1 aromatic rings. The lowest BCUT2D eigenvalue weighted by molar-refractivity contribution is 0.0355. The van der Waals surface area contributed by atoms with Crippen LogP contribution in [0.15, 0.2) is 35.3 Å². The lowest BCUT2D eigenvalue weighted by atomic mass is 9.88. The summed E-state index contributed by atoms with van der Waals surface area (Å²) in [6, 6.07) is 12.0. The molecule has 170 valence electrons. The van der Waals surface area contributed by atoms with Crippen molar-refractivity contribution in [3.63, 3.8) is 0 Å². The summed E-state index contributed by atoms with van der Waals surface area (Å²) >= 11 is 0. The van der Waals surface area contributed by atoms with Crippen LogP contribution in [0, 0.1) is 0 Å². The van der Waals surface area contributed by atoms with Crippen molar-refractivity contribution >= 4 is 5.96 Å². The van der Waals surface area contributed by atoms with E-state index in [2.05, 4.69) is 90.8 Å². The zero-order chi connectivity index (χ0) is 22.0. The predicted octanol–water partition coefficient (Wildman–Crippen LogP) is 3.17. The Morgan fingerprint density at radius 2 is 1.67 bits per heavy atom. The van der Waals surface area contributed by atoms with Gasteiger partial charge < -0.3 is 20.7 Å². The number of aliphatic imine (C=N–C) groups is 1. The molecule has 6 nitrogen and oxygen atoms in total. The molecule has 0 bridgehead atoms. The molecule has 1 unspecified atom stereocenters. The second kappa shape index (κ2) is 12.3. The average molecular weight is 418 g/mol. The minimum absolute atomic E-state index is 0.00692. The molecule has 1 aliphatic heterocycles. The van der Waals surface area contributed by atoms with Crippen LogP contribution >= 0.6 is 0 Å². The quantitative estimate of drug-likeness (QED) is 0.403. The third-order valence-electron chi connectivity index (χ3n) is 6.08. The number of guanidine groups is 1. The predicted molar refractivity (Wildman–Crippen MR) is 127 cm³/mol. The van der Waals surface area contributed by atoms with Gasteiger partial charge in [-0.25, -0.2) is 0 Å². The van der Waals surface area contributed by atoms with Crippen LogP contribution in [0.2, 0.25) is 0 Å². The van der Waals surface area contributed by atoms with E-state index in [0.29, 0.717) is 12.1 Å². The van der Waals surface area contributed by atoms with E-state index in [1.807, 2.05) is 7.05 Å². The molecular weight excluding hydrogens is 374 g/mol. The first-order valence-electron chi connectivity index (χ1n) is 11.5. The molecule has 30 heavy (non-hydrogen) atoms. The van der Waals surface area contributed by atoms with Crippen molar-refractivity contribution in [3.8, 4) is 0 Å². The molecule has 3 N–H and O–H groups in total. The molecule has 1 saturated heterocycles. The number of ether oxygens (including phenoxy) is 1. The van der Waals surface area contributed by atoms with Crippen molar-refractivity contribution in [2.24, 2.45) is 4.99 Å². The second-order valence-corrected chi connectivity index (χ2v) is 8.95. The molecule has 1 atom stereocenters. The highest BCUT2D eigenvalue weighted by atomic mass is 16.5. The number of hydrogen-bond donors (Lipinski definition) is 3. The van der Waals surface area contributed by atoms with Gasteiger partial charge in [0.2, 0.25) is 0 Å².